The minimum atomic E-state index is -3.71. The number of sulfonamides is 1. The molecule has 1 saturated heterocycles. The van der Waals surface area contributed by atoms with Gasteiger partial charge in [-0.15, -0.1) is 0 Å². The average molecular weight is 456 g/mol. The molecule has 2 aromatic carbocycles. The van der Waals surface area contributed by atoms with E-state index in [0.717, 1.165) is 5.52 Å². The Bertz CT molecular complexity index is 1200. The first-order valence-corrected chi connectivity index (χ1v) is 11.3. The van der Waals surface area contributed by atoms with Crippen LogP contribution in [0.25, 0.3) is 11.1 Å². The number of oxazole rings is 1. The van der Waals surface area contributed by atoms with Crippen molar-refractivity contribution in [2.24, 2.45) is 0 Å². The summed E-state index contributed by atoms with van der Waals surface area (Å²) in [6.45, 7) is 2.89. The molecule has 0 aliphatic carbocycles. The third-order valence-electron chi connectivity index (χ3n) is 5.06. The molecule has 1 aliphatic heterocycles. The van der Waals surface area contributed by atoms with E-state index in [4.69, 9.17) is 27.6 Å². The minimum Gasteiger partial charge on any atom is -0.408 e. The van der Waals surface area contributed by atoms with Gasteiger partial charge in [-0.25, -0.2) is 13.2 Å². The number of nitrogens with zero attached hydrogens (tertiary/aromatic N) is 3. The third-order valence-corrected chi connectivity index (χ3v) is 7.67. The lowest BCUT2D eigenvalue weighted by Gasteiger charge is -2.34. The molecule has 10 heteroatoms. The zero-order valence-electron chi connectivity index (χ0n) is 15.4. The first kappa shape index (κ1) is 20.4. The van der Waals surface area contributed by atoms with Gasteiger partial charge < -0.3 is 4.42 Å². The van der Waals surface area contributed by atoms with Gasteiger partial charge in [0, 0.05) is 44.3 Å². The minimum absolute atomic E-state index is 0.0246. The topological polar surface area (TPSA) is 75.8 Å². The fourth-order valence-electron chi connectivity index (χ4n) is 3.47. The number of benzene rings is 2. The molecule has 0 unspecified atom stereocenters. The van der Waals surface area contributed by atoms with Crippen molar-refractivity contribution >= 4 is 44.3 Å². The second-order valence-electron chi connectivity index (χ2n) is 6.81. The summed E-state index contributed by atoms with van der Waals surface area (Å²) in [7, 11) is -3.71. The molecule has 3 aromatic rings. The van der Waals surface area contributed by atoms with Crippen LogP contribution in [0.5, 0.6) is 0 Å². The molecule has 29 heavy (non-hydrogen) atoms. The molecular formula is C19H19Cl2N3O4S. The van der Waals surface area contributed by atoms with E-state index in [0.29, 0.717) is 49.9 Å². The van der Waals surface area contributed by atoms with Crippen molar-refractivity contribution in [3.8, 4) is 0 Å². The molecular weight excluding hydrogens is 437 g/mol. The largest absolute Gasteiger partial charge is 0.419 e. The highest BCUT2D eigenvalue weighted by Crippen LogP contribution is 2.28. The van der Waals surface area contributed by atoms with Crippen LogP contribution in [0.15, 0.2) is 56.6 Å². The molecule has 0 amide bonds. The Morgan fingerprint density at radius 2 is 1.69 bits per heavy atom. The fraction of sp³-hybridized carbons (Fsp3) is 0.316. The van der Waals surface area contributed by atoms with Crippen molar-refractivity contribution < 1.29 is 12.8 Å². The van der Waals surface area contributed by atoms with Crippen molar-refractivity contribution in [1.82, 2.24) is 13.8 Å². The Labute approximate surface area is 178 Å². The molecule has 1 aromatic heterocycles. The molecule has 4 rings (SSSR count). The summed E-state index contributed by atoms with van der Waals surface area (Å²) in [5.41, 5.74) is 1.32. The summed E-state index contributed by atoms with van der Waals surface area (Å²) in [4.78, 5) is 14.2. The number of piperazine rings is 1. The number of halogens is 2. The van der Waals surface area contributed by atoms with Crippen molar-refractivity contribution in [2.45, 2.75) is 11.4 Å². The summed E-state index contributed by atoms with van der Waals surface area (Å²) in [5, 5.41) is 0.479. The molecule has 0 saturated carbocycles. The van der Waals surface area contributed by atoms with Crippen molar-refractivity contribution in [1.29, 1.82) is 0 Å². The van der Waals surface area contributed by atoms with Gasteiger partial charge >= 0.3 is 5.76 Å². The van der Waals surface area contributed by atoms with Gasteiger partial charge in [0.25, 0.3) is 0 Å². The van der Waals surface area contributed by atoms with Crippen LogP contribution in [0.3, 0.4) is 0 Å². The summed E-state index contributed by atoms with van der Waals surface area (Å²) in [6.07, 6.45) is 0. The molecule has 154 valence electrons. The smallest absolute Gasteiger partial charge is 0.408 e. The SMILES string of the molecule is O=c1oc2ccccc2n1CCN1CCN(S(=O)(=O)c2cc(Cl)ccc2Cl)CC1. The Morgan fingerprint density at radius 1 is 0.966 bits per heavy atom. The van der Waals surface area contributed by atoms with Gasteiger partial charge in [-0.1, -0.05) is 35.3 Å². The Balaban J connectivity index is 1.41. The highest BCUT2D eigenvalue weighted by atomic mass is 35.5. The molecule has 0 atom stereocenters. The van der Waals surface area contributed by atoms with Crippen LogP contribution in [0, 0.1) is 0 Å². The maximum atomic E-state index is 12.9. The Kier molecular flexibility index (Phi) is 5.72. The van der Waals surface area contributed by atoms with Crippen molar-refractivity contribution in [2.75, 3.05) is 32.7 Å². The number of rotatable bonds is 5. The molecule has 0 bridgehead atoms. The first-order chi connectivity index (χ1) is 13.9. The normalized spacial score (nSPS) is 16.5. The van der Waals surface area contributed by atoms with E-state index in [1.807, 2.05) is 18.2 Å². The van der Waals surface area contributed by atoms with E-state index in [1.54, 1.807) is 16.7 Å². The number of fused-ring (bicyclic) bond motifs is 1. The molecule has 2 heterocycles. The molecule has 1 aliphatic rings. The maximum Gasteiger partial charge on any atom is 0.419 e. The van der Waals surface area contributed by atoms with Gasteiger partial charge in [0.05, 0.1) is 10.5 Å². The van der Waals surface area contributed by atoms with Gasteiger partial charge in [-0.3, -0.25) is 9.47 Å². The van der Waals surface area contributed by atoms with Crippen LogP contribution >= 0.6 is 23.2 Å². The molecule has 0 radical (unpaired) electrons. The highest BCUT2D eigenvalue weighted by molar-refractivity contribution is 7.89. The zero-order valence-corrected chi connectivity index (χ0v) is 17.8. The van der Waals surface area contributed by atoms with Gasteiger partial charge in [0.1, 0.15) is 4.90 Å². The number of aromatic nitrogens is 1. The lowest BCUT2D eigenvalue weighted by atomic mass is 10.3. The monoisotopic (exact) mass is 455 g/mol. The maximum absolute atomic E-state index is 12.9. The van der Waals surface area contributed by atoms with E-state index in [-0.39, 0.29) is 15.7 Å². The van der Waals surface area contributed by atoms with Crippen LogP contribution in [0.4, 0.5) is 0 Å². The zero-order chi connectivity index (χ0) is 20.6. The second-order valence-corrected chi connectivity index (χ2v) is 9.56. The summed E-state index contributed by atoms with van der Waals surface area (Å²) in [6, 6.07) is 11.7. The fourth-order valence-corrected chi connectivity index (χ4v) is 5.63. The molecule has 0 N–H and O–H groups in total. The number of hydrogen-bond acceptors (Lipinski definition) is 5. The summed E-state index contributed by atoms with van der Waals surface area (Å²) < 4.78 is 34.1. The van der Waals surface area contributed by atoms with Crippen molar-refractivity contribution in [3.05, 3.63) is 63.1 Å². The quantitative estimate of drug-likeness (QED) is 0.590. The standard InChI is InChI=1S/C19H19Cl2N3O4S/c20-14-5-6-15(21)18(13-14)29(26,27)23-10-7-22(8-11-23)9-12-24-16-3-1-2-4-17(16)28-19(24)25/h1-6,13H,7-12H2. The summed E-state index contributed by atoms with van der Waals surface area (Å²) >= 11 is 12.0. The number of para-hydroxylation sites is 2. The lowest BCUT2D eigenvalue weighted by Crippen LogP contribution is -2.49. The van der Waals surface area contributed by atoms with E-state index >= 15 is 0 Å². The average Bonchev–Trinajstić information content (AvgIpc) is 3.03. The first-order valence-electron chi connectivity index (χ1n) is 9.12. The van der Waals surface area contributed by atoms with E-state index in [9.17, 15) is 13.2 Å². The van der Waals surface area contributed by atoms with E-state index < -0.39 is 10.0 Å². The van der Waals surface area contributed by atoms with Crippen LogP contribution in [0.2, 0.25) is 10.0 Å². The van der Waals surface area contributed by atoms with E-state index in [2.05, 4.69) is 4.90 Å². The number of hydrogen-bond donors (Lipinski definition) is 0. The Morgan fingerprint density at radius 3 is 2.45 bits per heavy atom. The molecule has 1 fully saturated rings. The Hall–Kier alpha value is -1.84. The van der Waals surface area contributed by atoms with Crippen LogP contribution < -0.4 is 5.76 Å². The van der Waals surface area contributed by atoms with Gasteiger partial charge in [0.15, 0.2) is 5.58 Å². The third kappa shape index (κ3) is 4.08. The van der Waals surface area contributed by atoms with Crippen LogP contribution in [0.1, 0.15) is 0 Å². The van der Waals surface area contributed by atoms with Crippen molar-refractivity contribution in [3.63, 3.8) is 0 Å². The predicted octanol–water partition coefficient (Wildman–Crippen LogP) is 2.91. The lowest BCUT2D eigenvalue weighted by molar-refractivity contribution is 0.182. The highest BCUT2D eigenvalue weighted by Gasteiger charge is 2.30. The molecule has 7 nitrogen and oxygen atoms in total. The van der Waals surface area contributed by atoms with Crippen LogP contribution in [-0.4, -0.2) is 54.9 Å². The molecule has 0 spiro atoms. The van der Waals surface area contributed by atoms with Gasteiger partial charge in [-0.2, -0.15) is 4.31 Å². The second kappa shape index (κ2) is 8.12. The van der Waals surface area contributed by atoms with Gasteiger partial charge in [0.2, 0.25) is 10.0 Å². The van der Waals surface area contributed by atoms with Crippen LogP contribution in [-0.2, 0) is 16.6 Å². The summed E-state index contributed by atoms with van der Waals surface area (Å²) in [5.74, 6) is -0.386. The van der Waals surface area contributed by atoms with Gasteiger partial charge in [-0.05, 0) is 30.3 Å². The predicted molar refractivity (Wildman–Crippen MR) is 112 cm³/mol. The van der Waals surface area contributed by atoms with E-state index in [1.165, 1.54) is 16.4 Å².